The van der Waals surface area contributed by atoms with Crippen molar-refractivity contribution in [3.05, 3.63) is 30.1 Å². The fourth-order valence-electron chi connectivity index (χ4n) is 3.15. The standard InChI is InChI=1S/C14H18N4O/c1-2-12-13(17-10-16-12)7-11(1)14(8-19-9-14)18-5-3-15-4-6-18/h1-2,7,10,15H,3-6,8-9H2,(H,16,17). The average Bonchev–Trinajstić information content (AvgIpc) is 2.86. The van der Waals surface area contributed by atoms with E-state index in [1.54, 1.807) is 6.33 Å². The number of aromatic amines is 1. The molecule has 0 atom stereocenters. The van der Waals surface area contributed by atoms with E-state index in [2.05, 4.69) is 38.4 Å². The van der Waals surface area contributed by atoms with Crippen LogP contribution in [0.3, 0.4) is 0 Å². The number of fused-ring (bicyclic) bond motifs is 1. The van der Waals surface area contributed by atoms with Gasteiger partial charge in [-0.2, -0.15) is 0 Å². The Morgan fingerprint density at radius 1 is 1.21 bits per heavy atom. The maximum atomic E-state index is 5.55. The fraction of sp³-hybridized carbons (Fsp3) is 0.500. The first kappa shape index (κ1) is 11.4. The first-order valence-electron chi connectivity index (χ1n) is 6.86. The Labute approximate surface area is 112 Å². The predicted molar refractivity (Wildman–Crippen MR) is 73.0 cm³/mol. The lowest BCUT2D eigenvalue weighted by molar-refractivity contribution is -0.149. The Morgan fingerprint density at radius 2 is 2.05 bits per heavy atom. The third-order valence-electron chi connectivity index (χ3n) is 4.36. The molecule has 1 aromatic heterocycles. The summed E-state index contributed by atoms with van der Waals surface area (Å²) < 4.78 is 5.55. The van der Waals surface area contributed by atoms with E-state index >= 15 is 0 Å². The number of piperazine rings is 1. The van der Waals surface area contributed by atoms with Gasteiger partial charge in [0, 0.05) is 26.2 Å². The van der Waals surface area contributed by atoms with Crippen molar-refractivity contribution < 1.29 is 4.74 Å². The fourth-order valence-corrected chi connectivity index (χ4v) is 3.15. The van der Waals surface area contributed by atoms with Gasteiger partial charge < -0.3 is 15.0 Å². The number of hydrogen-bond acceptors (Lipinski definition) is 4. The molecule has 5 nitrogen and oxygen atoms in total. The Bertz CT molecular complexity index is 584. The molecule has 2 saturated heterocycles. The quantitative estimate of drug-likeness (QED) is 0.832. The molecule has 0 saturated carbocycles. The minimum Gasteiger partial charge on any atom is -0.377 e. The molecule has 2 aromatic rings. The van der Waals surface area contributed by atoms with E-state index in [9.17, 15) is 0 Å². The summed E-state index contributed by atoms with van der Waals surface area (Å²) in [6, 6.07) is 6.53. The van der Waals surface area contributed by atoms with Crippen molar-refractivity contribution in [2.75, 3.05) is 39.4 Å². The molecule has 0 bridgehead atoms. The number of benzene rings is 1. The van der Waals surface area contributed by atoms with Crippen LogP contribution in [0.15, 0.2) is 24.5 Å². The van der Waals surface area contributed by atoms with Crippen molar-refractivity contribution in [3.63, 3.8) is 0 Å². The highest BCUT2D eigenvalue weighted by atomic mass is 16.5. The van der Waals surface area contributed by atoms with Crippen LogP contribution in [0.1, 0.15) is 5.56 Å². The topological polar surface area (TPSA) is 53.2 Å². The normalized spacial score (nSPS) is 23.4. The summed E-state index contributed by atoms with van der Waals surface area (Å²) in [6.07, 6.45) is 1.75. The second kappa shape index (κ2) is 4.30. The van der Waals surface area contributed by atoms with Crippen LogP contribution in [0.2, 0.25) is 0 Å². The van der Waals surface area contributed by atoms with E-state index in [1.807, 2.05) is 0 Å². The summed E-state index contributed by atoms with van der Waals surface area (Å²) in [4.78, 5) is 10.0. The molecule has 3 heterocycles. The molecule has 2 N–H and O–H groups in total. The molecule has 0 amide bonds. The van der Waals surface area contributed by atoms with Crippen LogP contribution in [0.25, 0.3) is 11.0 Å². The van der Waals surface area contributed by atoms with Crippen molar-refractivity contribution in [1.82, 2.24) is 20.2 Å². The van der Waals surface area contributed by atoms with Gasteiger partial charge in [-0.05, 0) is 17.7 Å². The van der Waals surface area contributed by atoms with Crippen molar-refractivity contribution in [3.8, 4) is 0 Å². The van der Waals surface area contributed by atoms with Gasteiger partial charge in [0.1, 0.15) is 0 Å². The zero-order chi connectivity index (χ0) is 12.7. The Hall–Kier alpha value is -1.43. The second-order valence-corrected chi connectivity index (χ2v) is 5.40. The van der Waals surface area contributed by atoms with E-state index in [4.69, 9.17) is 4.74 Å². The number of rotatable bonds is 2. The van der Waals surface area contributed by atoms with Gasteiger partial charge in [-0.1, -0.05) is 6.07 Å². The van der Waals surface area contributed by atoms with E-state index in [0.717, 1.165) is 50.4 Å². The molecule has 2 aliphatic heterocycles. The number of hydrogen-bond donors (Lipinski definition) is 2. The van der Waals surface area contributed by atoms with Gasteiger partial charge in [-0.25, -0.2) is 4.98 Å². The molecule has 2 aliphatic rings. The molecule has 1 aromatic carbocycles. The van der Waals surface area contributed by atoms with E-state index in [-0.39, 0.29) is 5.54 Å². The molecular formula is C14H18N4O. The van der Waals surface area contributed by atoms with Crippen LogP contribution in [-0.2, 0) is 10.3 Å². The summed E-state index contributed by atoms with van der Waals surface area (Å²) in [6.45, 7) is 5.90. The third-order valence-corrected chi connectivity index (χ3v) is 4.36. The highest BCUT2D eigenvalue weighted by Gasteiger charge is 2.45. The van der Waals surface area contributed by atoms with Crippen LogP contribution >= 0.6 is 0 Å². The summed E-state index contributed by atoms with van der Waals surface area (Å²) in [5, 5.41) is 3.41. The van der Waals surface area contributed by atoms with Gasteiger partial charge in [-0.15, -0.1) is 0 Å². The maximum absolute atomic E-state index is 5.55. The van der Waals surface area contributed by atoms with E-state index in [1.165, 1.54) is 5.56 Å². The van der Waals surface area contributed by atoms with Gasteiger partial charge in [0.25, 0.3) is 0 Å². The van der Waals surface area contributed by atoms with Gasteiger partial charge in [0.15, 0.2) is 0 Å². The Morgan fingerprint density at radius 3 is 2.79 bits per heavy atom. The largest absolute Gasteiger partial charge is 0.377 e. The van der Waals surface area contributed by atoms with Crippen LogP contribution in [0.4, 0.5) is 0 Å². The van der Waals surface area contributed by atoms with Gasteiger partial charge in [0.2, 0.25) is 0 Å². The Kier molecular flexibility index (Phi) is 2.58. The van der Waals surface area contributed by atoms with Gasteiger partial charge >= 0.3 is 0 Å². The summed E-state index contributed by atoms with van der Waals surface area (Å²) >= 11 is 0. The van der Waals surface area contributed by atoms with Crippen molar-refractivity contribution in [1.29, 1.82) is 0 Å². The van der Waals surface area contributed by atoms with Crippen molar-refractivity contribution >= 4 is 11.0 Å². The monoisotopic (exact) mass is 258 g/mol. The van der Waals surface area contributed by atoms with Crippen LogP contribution < -0.4 is 5.32 Å². The molecule has 100 valence electrons. The minimum absolute atomic E-state index is 0.0708. The molecular weight excluding hydrogens is 240 g/mol. The highest BCUT2D eigenvalue weighted by molar-refractivity contribution is 5.75. The summed E-state index contributed by atoms with van der Waals surface area (Å²) in [7, 11) is 0. The lowest BCUT2D eigenvalue weighted by Gasteiger charge is -2.51. The number of nitrogens with one attached hydrogen (secondary N) is 2. The lowest BCUT2D eigenvalue weighted by Crippen LogP contribution is -2.63. The van der Waals surface area contributed by atoms with Crippen molar-refractivity contribution in [2.45, 2.75) is 5.54 Å². The minimum atomic E-state index is 0.0708. The van der Waals surface area contributed by atoms with Gasteiger partial charge in [-0.3, -0.25) is 4.90 Å². The molecule has 4 rings (SSSR count). The molecule has 0 aliphatic carbocycles. The number of nitrogens with zero attached hydrogens (tertiary/aromatic N) is 2. The zero-order valence-electron chi connectivity index (χ0n) is 10.9. The molecule has 0 unspecified atom stereocenters. The summed E-state index contributed by atoms with van der Waals surface area (Å²) in [5.41, 5.74) is 3.55. The van der Waals surface area contributed by atoms with Crippen molar-refractivity contribution in [2.24, 2.45) is 0 Å². The Balaban J connectivity index is 1.74. The second-order valence-electron chi connectivity index (χ2n) is 5.40. The number of ether oxygens (including phenoxy) is 1. The van der Waals surface area contributed by atoms with Crippen LogP contribution in [0, 0.1) is 0 Å². The summed E-state index contributed by atoms with van der Waals surface area (Å²) in [5.74, 6) is 0. The maximum Gasteiger partial charge on any atom is 0.0935 e. The SMILES string of the molecule is c1nc2ccc(C3(N4CCNCC4)COC3)cc2[nH]1. The van der Waals surface area contributed by atoms with Crippen LogP contribution in [-0.4, -0.2) is 54.3 Å². The highest BCUT2D eigenvalue weighted by Crippen LogP contribution is 2.37. The third kappa shape index (κ3) is 1.69. The first-order valence-corrected chi connectivity index (χ1v) is 6.86. The molecule has 5 heteroatoms. The van der Waals surface area contributed by atoms with E-state index < -0.39 is 0 Å². The smallest absolute Gasteiger partial charge is 0.0935 e. The molecule has 0 radical (unpaired) electrons. The van der Waals surface area contributed by atoms with Gasteiger partial charge in [0.05, 0.1) is 36.1 Å². The number of aromatic nitrogens is 2. The number of imidazole rings is 1. The predicted octanol–water partition coefficient (Wildman–Crippen LogP) is 0.694. The van der Waals surface area contributed by atoms with Crippen LogP contribution in [0.5, 0.6) is 0 Å². The molecule has 0 spiro atoms. The molecule has 19 heavy (non-hydrogen) atoms. The number of H-pyrrole nitrogens is 1. The lowest BCUT2D eigenvalue weighted by atomic mass is 9.85. The van der Waals surface area contributed by atoms with E-state index in [0.29, 0.717) is 0 Å². The first-order chi connectivity index (χ1) is 9.38. The molecule has 2 fully saturated rings. The average molecular weight is 258 g/mol. The zero-order valence-corrected chi connectivity index (χ0v) is 10.9.